The summed E-state index contributed by atoms with van der Waals surface area (Å²) >= 11 is 0. The number of nitrogen functional groups attached to an aromatic ring is 2. The number of guanidine groups is 1. The number of aromatic nitrogens is 1. The third-order valence-corrected chi connectivity index (χ3v) is 5.33. The first-order valence-corrected chi connectivity index (χ1v) is 10.3. The van der Waals surface area contributed by atoms with E-state index >= 15 is 0 Å². The molecule has 0 saturated carbocycles. The van der Waals surface area contributed by atoms with E-state index in [9.17, 15) is 5.26 Å². The number of hydrogen-bond acceptors (Lipinski definition) is 9. The molecule has 0 saturated heterocycles. The monoisotopic (exact) mass is 438 g/mol. The molecule has 1 atom stereocenters. The van der Waals surface area contributed by atoms with Crippen molar-refractivity contribution in [3.05, 3.63) is 70.8 Å². The third-order valence-electron chi connectivity index (χ3n) is 5.33. The number of nitrogens with two attached hydrogens (primary N) is 2. The van der Waals surface area contributed by atoms with Gasteiger partial charge in [-0.3, -0.25) is 5.32 Å². The topological polar surface area (TPSA) is 158 Å². The lowest BCUT2D eigenvalue weighted by molar-refractivity contribution is 0.464. The van der Waals surface area contributed by atoms with Crippen LogP contribution < -0.4 is 26.8 Å². The predicted octanol–water partition coefficient (Wildman–Crippen LogP) is 3.97. The average molecular weight is 438 g/mol. The number of nitriles is 2. The Morgan fingerprint density at radius 1 is 1.06 bits per heavy atom. The fraction of sp³-hybridized carbons (Fsp3) is 0.167. The molecule has 1 unspecified atom stereocenters. The van der Waals surface area contributed by atoms with Crippen LogP contribution in [0.2, 0.25) is 0 Å². The molecule has 6 N–H and O–H groups in total. The van der Waals surface area contributed by atoms with Gasteiger partial charge >= 0.3 is 0 Å². The van der Waals surface area contributed by atoms with Crippen LogP contribution in [-0.2, 0) is 0 Å². The van der Waals surface area contributed by atoms with E-state index in [4.69, 9.17) is 21.5 Å². The molecule has 0 bridgehead atoms. The molecular weight excluding hydrogens is 416 g/mol. The normalized spacial score (nSPS) is 14.3. The van der Waals surface area contributed by atoms with Gasteiger partial charge in [0.2, 0.25) is 5.96 Å². The van der Waals surface area contributed by atoms with Crippen molar-refractivity contribution in [2.75, 3.05) is 16.8 Å². The Balaban J connectivity index is 1.89. The van der Waals surface area contributed by atoms with Gasteiger partial charge in [0.05, 0.1) is 5.69 Å². The minimum atomic E-state index is -0.695. The zero-order valence-electron chi connectivity index (χ0n) is 18.1. The lowest BCUT2D eigenvalue weighted by atomic mass is 9.94. The number of rotatable bonds is 4. The van der Waals surface area contributed by atoms with Gasteiger partial charge in [-0.2, -0.15) is 10.5 Å². The van der Waals surface area contributed by atoms with Crippen molar-refractivity contribution in [2.45, 2.75) is 25.8 Å². The first-order valence-electron chi connectivity index (χ1n) is 10.3. The fourth-order valence-electron chi connectivity index (χ4n) is 3.77. The first kappa shape index (κ1) is 21.5. The summed E-state index contributed by atoms with van der Waals surface area (Å²) in [6.07, 6.45) is 1.85. The molecule has 9 heteroatoms. The van der Waals surface area contributed by atoms with Gasteiger partial charge in [-0.1, -0.05) is 50.2 Å². The molecule has 0 aliphatic carbocycles. The second kappa shape index (κ2) is 8.77. The molecule has 0 amide bonds. The fourth-order valence-corrected chi connectivity index (χ4v) is 3.77. The molecule has 3 aromatic rings. The van der Waals surface area contributed by atoms with Gasteiger partial charge in [0, 0.05) is 11.1 Å². The smallest absolute Gasteiger partial charge is 0.211 e. The Labute approximate surface area is 191 Å². The van der Waals surface area contributed by atoms with Crippen LogP contribution in [0, 0.1) is 22.8 Å². The Morgan fingerprint density at radius 2 is 1.76 bits per heavy atom. The highest BCUT2D eigenvalue weighted by Gasteiger charge is 2.31. The third kappa shape index (κ3) is 3.95. The number of pyridine rings is 1. The van der Waals surface area contributed by atoms with E-state index in [1.165, 1.54) is 0 Å². The van der Waals surface area contributed by atoms with Crippen molar-refractivity contribution in [1.29, 1.82) is 10.5 Å². The zero-order chi connectivity index (χ0) is 23.5. The zero-order valence-corrected chi connectivity index (χ0v) is 18.1. The molecule has 4 rings (SSSR count). The molecule has 1 aliphatic rings. The van der Waals surface area contributed by atoms with Crippen LogP contribution in [0.3, 0.4) is 0 Å². The summed E-state index contributed by atoms with van der Waals surface area (Å²) in [5.74, 6) is 2.06. The summed E-state index contributed by atoms with van der Waals surface area (Å²) in [5.41, 5.74) is 14.8. The number of nitrogens with one attached hydrogen (secondary N) is 2. The number of fused-ring (bicyclic) bond motifs is 1. The number of ether oxygens (including phenoxy) is 1. The number of anilines is 3. The van der Waals surface area contributed by atoms with E-state index in [2.05, 4.69) is 34.5 Å². The summed E-state index contributed by atoms with van der Waals surface area (Å²) in [6, 6.07) is 16.6. The van der Waals surface area contributed by atoms with Crippen molar-refractivity contribution in [3.8, 4) is 23.8 Å². The van der Waals surface area contributed by atoms with Crippen LogP contribution in [0.15, 0.2) is 53.5 Å². The summed E-state index contributed by atoms with van der Waals surface area (Å²) in [4.78, 5) is 8.93. The van der Waals surface area contributed by atoms with Crippen LogP contribution >= 0.6 is 0 Å². The van der Waals surface area contributed by atoms with Gasteiger partial charge in [-0.25, -0.2) is 9.98 Å². The number of para-hydroxylation sites is 2. The molecule has 33 heavy (non-hydrogen) atoms. The highest BCUT2D eigenvalue weighted by molar-refractivity contribution is 5.98. The summed E-state index contributed by atoms with van der Waals surface area (Å²) in [6.45, 7) is 4.20. The van der Waals surface area contributed by atoms with Crippen LogP contribution in [0.5, 0.6) is 11.5 Å². The number of hydrogen-bond donors (Lipinski definition) is 4. The number of aliphatic imine (C=N–C) groups is 1. The van der Waals surface area contributed by atoms with Gasteiger partial charge in [0.15, 0.2) is 6.19 Å². The molecule has 2 aromatic carbocycles. The van der Waals surface area contributed by atoms with E-state index in [0.717, 1.165) is 11.3 Å². The van der Waals surface area contributed by atoms with E-state index in [1.54, 1.807) is 0 Å². The molecule has 2 heterocycles. The van der Waals surface area contributed by atoms with Gasteiger partial charge < -0.3 is 21.5 Å². The Bertz CT molecular complexity index is 1330. The Kier molecular flexibility index (Phi) is 5.71. The van der Waals surface area contributed by atoms with Gasteiger partial charge in [0.1, 0.15) is 40.8 Å². The first-order chi connectivity index (χ1) is 15.9. The van der Waals surface area contributed by atoms with Crippen molar-refractivity contribution in [3.63, 3.8) is 0 Å². The number of benzene rings is 2. The van der Waals surface area contributed by atoms with E-state index < -0.39 is 6.04 Å². The summed E-state index contributed by atoms with van der Waals surface area (Å²) in [7, 11) is 0. The molecule has 0 spiro atoms. The maximum atomic E-state index is 9.54. The van der Waals surface area contributed by atoms with E-state index in [0.29, 0.717) is 22.7 Å². The van der Waals surface area contributed by atoms with E-state index in [1.807, 2.05) is 60.8 Å². The predicted molar refractivity (Wildman–Crippen MR) is 126 cm³/mol. The van der Waals surface area contributed by atoms with Gasteiger partial charge in [-0.05, 0) is 23.6 Å². The second-order valence-electron chi connectivity index (χ2n) is 7.73. The van der Waals surface area contributed by atoms with Gasteiger partial charge in [0.25, 0.3) is 0 Å². The van der Waals surface area contributed by atoms with Crippen molar-refractivity contribution in [1.82, 2.24) is 10.3 Å². The summed E-state index contributed by atoms with van der Waals surface area (Å²) in [5, 5.41) is 24.1. The maximum absolute atomic E-state index is 9.54. The van der Waals surface area contributed by atoms with E-state index in [-0.39, 0.29) is 28.9 Å². The average Bonchev–Trinajstić information content (AvgIpc) is 2.79. The van der Waals surface area contributed by atoms with Crippen molar-refractivity contribution < 1.29 is 4.74 Å². The maximum Gasteiger partial charge on any atom is 0.211 e. The lowest BCUT2D eigenvalue weighted by Crippen LogP contribution is -2.32. The van der Waals surface area contributed by atoms with Crippen LogP contribution in [0.1, 0.15) is 48.1 Å². The van der Waals surface area contributed by atoms with Crippen LogP contribution in [-0.4, -0.2) is 10.9 Å². The number of nitrogens with zero attached hydrogens (tertiary/aromatic N) is 4. The standard InChI is InChI=1S/C24H22N8O/c1-13(2)14-7-3-5-9-17(14)33-18-10-6-4-8-15(18)21-19-20(27)16(11-25)22(28)31-23(19)32-24(30-21)29-12-26/h3-10,13,21H,1-2H3,(H6,27,28,29,30,31,32). The van der Waals surface area contributed by atoms with Crippen LogP contribution in [0.4, 0.5) is 17.3 Å². The largest absolute Gasteiger partial charge is 0.457 e. The summed E-state index contributed by atoms with van der Waals surface area (Å²) < 4.78 is 6.36. The molecular formula is C24H22N8O. The van der Waals surface area contributed by atoms with Crippen molar-refractivity contribution in [2.24, 2.45) is 4.99 Å². The van der Waals surface area contributed by atoms with Crippen LogP contribution in [0.25, 0.3) is 0 Å². The molecule has 1 aliphatic heterocycles. The molecule has 0 radical (unpaired) electrons. The Hall–Kier alpha value is -4.76. The molecule has 164 valence electrons. The highest BCUT2D eigenvalue weighted by Crippen LogP contribution is 2.44. The molecule has 0 fully saturated rings. The Morgan fingerprint density at radius 3 is 2.45 bits per heavy atom. The SMILES string of the molecule is CC(C)c1ccccc1Oc1ccccc1C1N=C(NC#N)Nc2nc(N)c(C#N)c(N)c21. The molecule has 9 nitrogen and oxygen atoms in total. The van der Waals surface area contributed by atoms with Crippen molar-refractivity contribution >= 4 is 23.3 Å². The lowest BCUT2D eigenvalue weighted by Gasteiger charge is -2.27. The second-order valence-corrected chi connectivity index (χ2v) is 7.73. The van der Waals surface area contributed by atoms with Gasteiger partial charge in [-0.15, -0.1) is 0 Å². The quantitative estimate of drug-likeness (QED) is 0.352. The minimum Gasteiger partial charge on any atom is -0.457 e. The molecule has 1 aromatic heterocycles. The minimum absolute atomic E-state index is 0.00592. The highest BCUT2D eigenvalue weighted by atomic mass is 16.5.